The van der Waals surface area contributed by atoms with Crippen molar-refractivity contribution in [3.8, 4) is 0 Å². The van der Waals surface area contributed by atoms with Gasteiger partial charge in [0.25, 0.3) is 0 Å². The van der Waals surface area contributed by atoms with Crippen molar-refractivity contribution < 1.29 is 9.90 Å². The van der Waals surface area contributed by atoms with E-state index in [1.54, 1.807) is 0 Å². The molecule has 15 heavy (non-hydrogen) atoms. The average Bonchev–Trinajstić information content (AvgIpc) is 2.66. The summed E-state index contributed by atoms with van der Waals surface area (Å²) in [6.45, 7) is 3.83. The molecular weight excluding hydrogens is 192 g/mol. The molecular formula is C11H20N2O2. The number of nitrogens with one attached hydrogen (secondary N) is 1. The van der Waals surface area contributed by atoms with Crippen molar-refractivity contribution in [2.75, 3.05) is 13.1 Å². The molecule has 2 heterocycles. The van der Waals surface area contributed by atoms with Crippen molar-refractivity contribution in [2.45, 2.75) is 50.8 Å². The van der Waals surface area contributed by atoms with Crippen LogP contribution in [0, 0.1) is 0 Å². The molecule has 0 bridgehead atoms. The maximum absolute atomic E-state index is 11.3. The number of piperidine rings is 1. The van der Waals surface area contributed by atoms with Crippen LogP contribution < -0.4 is 5.32 Å². The van der Waals surface area contributed by atoms with Gasteiger partial charge in [0.05, 0.1) is 6.10 Å². The predicted molar refractivity (Wildman–Crippen MR) is 57.4 cm³/mol. The zero-order valence-electron chi connectivity index (χ0n) is 9.28. The summed E-state index contributed by atoms with van der Waals surface area (Å²) in [5, 5.41) is 12.9. The number of aliphatic hydroxyl groups is 1. The Balaban J connectivity index is 1.91. The number of amides is 1. The first-order chi connectivity index (χ1) is 7.20. The number of hydrogen-bond donors (Lipinski definition) is 2. The molecule has 3 atom stereocenters. The second kappa shape index (κ2) is 4.49. The summed E-state index contributed by atoms with van der Waals surface area (Å²) in [7, 11) is 0. The van der Waals surface area contributed by atoms with E-state index < -0.39 is 0 Å². The lowest BCUT2D eigenvalue weighted by Crippen LogP contribution is -2.55. The number of carbonyl (C=O) groups excluding carboxylic acids is 1. The topological polar surface area (TPSA) is 52.6 Å². The van der Waals surface area contributed by atoms with E-state index in [0.717, 1.165) is 19.5 Å². The van der Waals surface area contributed by atoms with Crippen LogP contribution in [0.5, 0.6) is 0 Å². The average molecular weight is 212 g/mol. The summed E-state index contributed by atoms with van der Waals surface area (Å²) in [5.74, 6) is 0.0878. The third-order valence-electron chi connectivity index (χ3n) is 3.53. The second-order valence-corrected chi connectivity index (χ2v) is 4.63. The van der Waals surface area contributed by atoms with E-state index in [1.165, 1.54) is 6.42 Å². The first kappa shape index (κ1) is 10.9. The van der Waals surface area contributed by atoms with Gasteiger partial charge in [-0.3, -0.25) is 9.69 Å². The van der Waals surface area contributed by atoms with Crippen LogP contribution in [-0.2, 0) is 4.79 Å². The number of fused-ring (bicyclic) bond motifs is 1. The smallest absolute Gasteiger partial charge is 0.219 e. The van der Waals surface area contributed by atoms with E-state index in [4.69, 9.17) is 0 Å². The van der Waals surface area contributed by atoms with Gasteiger partial charge in [-0.05, 0) is 25.8 Å². The van der Waals surface area contributed by atoms with Crippen molar-refractivity contribution in [2.24, 2.45) is 0 Å². The molecule has 2 saturated heterocycles. The fourth-order valence-electron chi connectivity index (χ4n) is 2.75. The van der Waals surface area contributed by atoms with Crippen molar-refractivity contribution in [1.82, 2.24) is 10.2 Å². The molecule has 0 radical (unpaired) electrons. The van der Waals surface area contributed by atoms with Crippen molar-refractivity contribution in [3.63, 3.8) is 0 Å². The van der Waals surface area contributed by atoms with Crippen molar-refractivity contribution in [1.29, 1.82) is 0 Å². The van der Waals surface area contributed by atoms with Crippen LogP contribution in [-0.4, -0.2) is 47.2 Å². The normalized spacial score (nSPS) is 36.3. The van der Waals surface area contributed by atoms with Crippen molar-refractivity contribution in [3.05, 3.63) is 0 Å². The molecule has 2 fully saturated rings. The molecule has 4 heteroatoms. The van der Waals surface area contributed by atoms with Crippen LogP contribution in [0.25, 0.3) is 0 Å². The van der Waals surface area contributed by atoms with Gasteiger partial charge in [0.2, 0.25) is 5.91 Å². The minimum absolute atomic E-state index is 0.0878. The van der Waals surface area contributed by atoms with E-state index in [-0.39, 0.29) is 18.1 Å². The zero-order chi connectivity index (χ0) is 10.8. The molecule has 0 aliphatic carbocycles. The Morgan fingerprint density at radius 2 is 2.40 bits per heavy atom. The highest BCUT2D eigenvalue weighted by molar-refractivity contribution is 5.75. The van der Waals surface area contributed by atoms with Crippen LogP contribution in [0.2, 0.25) is 0 Å². The summed E-state index contributed by atoms with van der Waals surface area (Å²) in [6.07, 6.45) is 3.26. The Bertz CT molecular complexity index is 245. The lowest BCUT2D eigenvalue weighted by molar-refractivity contribution is -0.122. The Labute approximate surface area is 90.6 Å². The Morgan fingerprint density at radius 3 is 3.13 bits per heavy atom. The summed E-state index contributed by atoms with van der Waals surface area (Å²) < 4.78 is 0. The first-order valence-corrected chi connectivity index (χ1v) is 5.92. The summed E-state index contributed by atoms with van der Waals surface area (Å²) in [6, 6.07) is 0.488. The largest absolute Gasteiger partial charge is 0.391 e. The zero-order valence-corrected chi connectivity index (χ0v) is 9.28. The van der Waals surface area contributed by atoms with Crippen LogP contribution in [0.1, 0.15) is 32.6 Å². The molecule has 1 amide bonds. The van der Waals surface area contributed by atoms with Gasteiger partial charge in [-0.2, -0.15) is 0 Å². The predicted octanol–water partition coefficient (Wildman–Crippen LogP) is 0.110. The molecule has 2 aliphatic heterocycles. The second-order valence-electron chi connectivity index (χ2n) is 4.63. The lowest BCUT2D eigenvalue weighted by Gasteiger charge is -2.38. The fourth-order valence-corrected chi connectivity index (χ4v) is 2.75. The molecule has 86 valence electrons. The minimum Gasteiger partial charge on any atom is -0.391 e. The number of hydrogen-bond acceptors (Lipinski definition) is 3. The highest BCUT2D eigenvalue weighted by atomic mass is 16.3. The summed E-state index contributed by atoms with van der Waals surface area (Å²) in [5.41, 5.74) is 0. The van der Waals surface area contributed by atoms with E-state index in [0.29, 0.717) is 18.9 Å². The molecule has 2 aliphatic rings. The summed E-state index contributed by atoms with van der Waals surface area (Å²) >= 11 is 0. The monoisotopic (exact) mass is 212 g/mol. The molecule has 2 N–H and O–H groups in total. The maximum Gasteiger partial charge on any atom is 0.219 e. The quantitative estimate of drug-likeness (QED) is 0.683. The van der Waals surface area contributed by atoms with Gasteiger partial charge in [0.15, 0.2) is 0 Å². The standard InChI is InChI=1S/C11H20N2O2/c1-2-11(15)12-8-6-10(14)9-4-3-5-13(9)7-8/h8-10,14H,2-7H2,1H3,(H,12,15)/t8-,9?,10?/m1/s1. The van der Waals surface area contributed by atoms with E-state index in [1.807, 2.05) is 6.92 Å². The Kier molecular flexibility index (Phi) is 3.26. The minimum atomic E-state index is -0.261. The number of carbonyl (C=O) groups is 1. The molecule has 0 saturated carbocycles. The van der Waals surface area contributed by atoms with Crippen molar-refractivity contribution >= 4 is 5.91 Å². The third kappa shape index (κ3) is 2.32. The first-order valence-electron chi connectivity index (χ1n) is 5.92. The van der Waals surface area contributed by atoms with E-state index in [2.05, 4.69) is 10.2 Å². The lowest BCUT2D eigenvalue weighted by atomic mass is 9.95. The molecule has 0 aromatic heterocycles. The van der Waals surface area contributed by atoms with E-state index in [9.17, 15) is 9.90 Å². The van der Waals surface area contributed by atoms with Gasteiger partial charge >= 0.3 is 0 Å². The van der Waals surface area contributed by atoms with Crippen LogP contribution in [0.15, 0.2) is 0 Å². The molecule has 0 aromatic rings. The van der Waals surface area contributed by atoms with Gasteiger partial charge in [0.1, 0.15) is 0 Å². The number of nitrogens with zero attached hydrogens (tertiary/aromatic N) is 1. The molecule has 0 spiro atoms. The van der Waals surface area contributed by atoms with E-state index >= 15 is 0 Å². The SMILES string of the molecule is CCC(=O)N[C@@H]1CC(O)C2CCCN2C1. The number of aliphatic hydroxyl groups excluding tert-OH is 1. The number of rotatable bonds is 2. The van der Waals surface area contributed by atoms with Gasteiger partial charge in [-0.25, -0.2) is 0 Å². The Hall–Kier alpha value is -0.610. The molecule has 0 aromatic carbocycles. The molecule has 2 unspecified atom stereocenters. The third-order valence-corrected chi connectivity index (χ3v) is 3.53. The molecule has 4 nitrogen and oxygen atoms in total. The van der Waals surface area contributed by atoms with Gasteiger partial charge in [-0.15, -0.1) is 0 Å². The van der Waals surface area contributed by atoms with Gasteiger partial charge in [0, 0.05) is 25.0 Å². The summed E-state index contributed by atoms with van der Waals surface area (Å²) in [4.78, 5) is 13.6. The van der Waals surface area contributed by atoms with Crippen LogP contribution in [0.3, 0.4) is 0 Å². The maximum atomic E-state index is 11.3. The highest BCUT2D eigenvalue weighted by Crippen LogP contribution is 2.27. The fraction of sp³-hybridized carbons (Fsp3) is 0.909. The molecule has 2 rings (SSSR count). The van der Waals surface area contributed by atoms with Gasteiger partial charge < -0.3 is 10.4 Å². The Morgan fingerprint density at radius 1 is 1.60 bits per heavy atom. The highest BCUT2D eigenvalue weighted by Gasteiger charge is 2.37. The van der Waals surface area contributed by atoms with Crippen LogP contribution in [0.4, 0.5) is 0 Å². The van der Waals surface area contributed by atoms with Crippen LogP contribution >= 0.6 is 0 Å². The van der Waals surface area contributed by atoms with Gasteiger partial charge in [-0.1, -0.05) is 6.92 Å².